The van der Waals surface area contributed by atoms with Gasteiger partial charge in [-0.25, -0.2) is 8.42 Å². The maximum Gasteiger partial charge on any atom is 0.324 e. The molecule has 4 rings (SSSR count). The summed E-state index contributed by atoms with van der Waals surface area (Å²) in [6.45, 7) is 0. The topological polar surface area (TPSA) is 76.2 Å². The Hall–Kier alpha value is -2.31. The molecule has 28 heavy (non-hydrogen) atoms. The number of hydrogen-bond acceptors (Lipinski definition) is 4. The number of aryl methyl sites for hydroxylation is 1. The summed E-state index contributed by atoms with van der Waals surface area (Å²) in [7, 11) is -2.63. The summed E-state index contributed by atoms with van der Waals surface area (Å²) in [4.78, 5) is 16.0. The first-order valence-electron chi connectivity index (χ1n) is 9.07. The van der Waals surface area contributed by atoms with Crippen LogP contribution >= 0.6 is 11.6 Å². The van der Waals surface area contributed by atoms with Gasteiger partial charge in [0.15, 0.2) is 15.1 Å². The van der Waals surface area contributed by atoms with Gasteiger partial charge in [-0.05, 0) is 61.1 Å². The minimum Gasteiger partial charge on any atom is -0.468 e. The molecule has 0 spiro atoms. The number of benzene rings is 2. The molecular formula is C21H20ClNO4S. The summed E-state index contributed by atoms with van der Waals surface area (Å²) in [6.07, 6.45) is 1.73. The van der Waals surface area contributed by atoms with Crippen molar-refractivity contribution < 1.29 is 17.9 Å². The molecule has 1 aliphatic carbocycles. The maximum absolute atomic E-state index is 13.2. The van der Waals surface area contributed by atoms with Crippen LogP contribution in [0.5, 0.6) is 0 Å². The third kappa shape index (κ3) is 3.20. The minimum absolute atomic E-state index is 0.139. The highest BCUT2D eigenvalue weighted by Gasteiger charge is 2.43. The number of halogens is 1. The SMILES string of the molecule is COC(=O)C(C1CCc2c([nH]c3ccc(Cl)cc23)C1)S(=O)(=O)c1ccccc1. The first kappa shape index (κ1) is 19.0. The summed E-state index contributed by atoms with van der Waals surface area (Å²) in [6, 6.07) is 13.8. The summed E-state index contributed by atoms with van der Waals surface area (Å²) in [5.74, 6) is -1.08. The van der Waals surface area contributed by atoms with E-state index in [1.54, 1.807) is 18.2 Å². The molecule has 146 valence electrons. The van der Waals surface area contributed by atoms with Gasteiger partial charge in [0.25, 0.3) is 0 Å². The number of carbonyl (C=O) groups excluding carboxylic acids is 1. The first-order chi connectivity index (χ1) is 13.4. The van der Waals surface area contributed by atoms with Gasteiger partial charge < -0.3 is 9.72 Å². The van der Waals surface area contributed by atoms with E-state index in [0.29, 0.717) is 24.3 Å². The monoisotopic (exact) mass is 417 g/mol. The van der Waals surface area contributed by atoms with Gasteiger partial charge in [0.1, 0.15) is 0 Å². The number of hydrogen-bond donors (Lipinski definition) is 1. The lowest BCUT2D eigenvalue weighted by atomic mass is 9.84. The number of aromatic nitrogens is 1. The number of nitrogens with one attached hydrogen (secondary N) is 1. The van der Waals surface area contributed by atoms with Crippen molar-refractivity contribution in [2.45, 2.75) is 29.4 Å². The smallest absolute Gasteiger partial charge is 0.324 e. The van der Waals surface area contributed by atoms with Gasteiger partial charge in [0.2, 0.25) is 0 Å². The number of methoxy groups -OCH3 is 1. The standard InChI is InChI=1S/C21H20ClNO4S/c1-27-21(24)20(28(25,26)15-5-3-2-4-6-15)13-7-9-16-17-12-14(22)8-10-18(17)23-19(16)11-13/h2-6,8,10,12-13,20,23H,7,9,11H2,1H3. The number of rotatable bonds is 4. The molecule has 2 atom stereocenters. The Balaban J connectivity index is 1.73. The van der Waals surface area contributed by atoms with E-state index in [1.165, 1.54) is 19.2 Å². The van der Waals surface area contributed by atoms with Crippen LogP contribution in [0.15, 0.2) is 53.4 Å². The van der Waals surface area contributed by atoms with E-state index in [9.17, 15) is 13.2 Å². The third-order valence-electron chi connectivity index (χ3n) is 5.46. The molecule has 1 heterocycles. The highest BCUT2D eigenvalue weighted by atomic mass is 35.5. The van der Waals surface area contributed by atoms with Crippen LogP contribution < -0.4 is 0 Å². The number of carbonyl (C=O) groups is 1. The molecule has 1 aliphatic rings. The van der Waals surface area contributed by atoms with Crippen molar-refractivity contribution in [3.8, 4) is 0 Å². The Morgan fingerprint density at radius 2 is 1.96 bits per heavy atom. The average Bonchev–Trinajstić information content (AvgIpc) is 3.05. The molecule has 1 N–H and O–H groups in total. The minimum atomic E-state index is -3.86. The summed E-state index contributed by atoms with van der Waals surface area (Å²) < 4.78 is 31.4. The van der Waals surface area contributed by atoms with Crippen LogP contribution in [0.4, 0.5) is 0 Å². The van der Waals surface area contributed by atoms with Gasteiger partial charge >= 0.3 is 5.97 Å². The van der Waals surface area contributed by atoms with E-state index in [4.69, 9.17) is 16.3 Å². The lowest BCUT2D eigenvalue weighted by Crippen LogP contribution is -2.40. The molecule has 7 heteroatoms. The van der Waals surface area contributed by atoms with Crippen LogP contribution in [-0.2, 0) is 32.2 Å². The van der Waals surface area contributed by atoms with Crippen molar-refractivity contribution in [2.24, 2.45) is 5.92 Å². The molecule has 5 nitrogen and oxygen atoms in total. The fourth-order valence-electron chi connectivity index (χ4n) is 4.13. The first-order valence-corrected chi connectivity index (χ1v) is 11.0. The normalized spacial score (nSPS) is 17.9. The third-order valence-corrected chi connectivity index (χ3v) is 7.87. The van der Waals surface area contributed by atoms with Crippen LogP contribution in [0.1, 0.15) is 17.7 Å². The van der Waals surface area contributed by atoms with E-state index < -0.39 is 21.1 Å². The molecule has 0 bridgehead atoms. The Morgan fingerprint density at radius 1 is 1.21 bits per heavy atom. The molecule has 0 saturated heterocycles. The predicted molar refractivity (Wildman–Crippen MR) is 108 cm³/mol. The second-order valence-electron chi connectivity index (χ2n) is 7.08. The molecule has 0 amide bonds. The second kappa shape index (κ2) is 7.26. The molecule has 3 aromatic rings. The largest absolute Gasteiger partial charge is 0.468 e. The molecule has 2 unspecified atom stereocenters. The number of aromatic amines is 1. The van der Waals surface area contributed by atoms with Gasteiger partial charge in [-0.15, -0.1) is 0 Å². The van der Waals surface area contributed by atoms with E-state index in [0.717, 1.165) is 22.2 Å². The van der Waals surface area contributed by atoms with Crippen LogP contribution in [0.3, 0.4) is 0 Å². The lowest BCUT2D eigenvalue weighted by molar-refractivity contribution is -0.141. The quantitative estimate of drug-likeness (QED) is 0.652. The number of H-pyrrole nitrogens is 1. The Labute approximate surface area is 168 Å². The number of fused-ring (bicyclic) bond motifs is 3. The summed E-state index contributed by atoms with van der Waals surface area (Å²) >= 11 is 6.13. The van der Waals surface area contributed by atoms with Gasteiger partial charge in [-0.1, -0.05) is 29.8 Å². The van der Waals surface area contributed by atoms with Crippen LogP contribution in [-0.4, -0.2) is 31.7 Å². The van der Waals surface area contributed by atoms with Crippen molar-refractivity contribution in [2.75, 3.05) is 7.11 Å². The van der Waals surface area contributed by atoms with E-state index >= 15 is 0 Å². The molecule has 2 aromatic carbocycles. The summed E-state index contributed by atoms with van der Waals surface area (Å²) in [5.41, 5.74) is 3.08. The summed E-state index contributed by atoms with van der Waals surface area (Å²) in [5, 5.41) is 0.486. The molecule has 1 aromatic heterocycles. The van der Waals surface area contributed by atoms with Crippen molar-refractivity contribution in [3.05, 3.63) is 64.8 Å². The number of ether oxygens (including phenoxy) is 1. The van der Waals surface area contributed by atoms with E-state index in [1.807, 2.05) is 18.2 Å². The predicted octanol–water partition coefficient (Wildman–Crippen LogP) is 3.94. The fraction of sp³-hybridized carbons (Fsp3) is 0.286. The van der Waals surface area contributed by atoms with Gasteiger partial charge in [0.05, 0.1) is 12.0 Å². The Morgan fingerprint density at radius 3 is 2.68 bits per heavy atom. The Bertz CT molecular complexity index is 1140. The second-order valence-corrected chi connectivity index (χ2v) is 9.58. The highest BCUT2D eigenvalue weighted by Crippen LogP contribution is 2.37. The van der Waals surface area contributed by atoms with Gasteiger partial charge in [-0.2, -0.15) is 0 Å². The van der Waals surface area contributed by atoms with Crippen molar-refractivity contribution in [1.82, 2.24) is 4.98 Å². The molecule has 0 radical (unpaired) electrons. The average molecular weight is 418 g/mol. The van der Waals surface area contributed by atoms with E-state index in [2.05, 4.69) is 4.98 Å². The molecule has 0 fully saturated rings. The van der Waals surface area contributed by atoms with Crippen LogP contribution in [0.2, 0.25) is 5.02 Å². The zero-order valence-corrected chi connectivity index (χ0v) is 16.9. The molecule has 0 aliphatic heterocycles. The fourth-order valence-corrected chi connectivity index (χ4v) is 6.22. The van der Waals surface area contributed by atoms with Gasteiger partial charge in [-0.3, -0.25) is 4.79 Å². The van der Waals surface area contributed by atoms with Crippen LogP contribution in [0.25, 0.3) is 10.9 Å². The van der Waals surface area contributed by atoms with Crippen molar-refractivity contribution in [3.63, 3.8) is 0 Å². The number of sulfone groups is 1. The zero-order valence-electron chi connectivity index (χ0n) is 15.3. The number of esters is 1. The zero-order chi connectivity index (χ0) is 19.9. The molecule has 0 saturated carbocycles. The lowest BCUT2D eigenvalue weighted by Gasteiger charge is -2.28. The highest BCUT2D eigenvalue weighted by molar-refractivity contribution is 7.92. The maximum atomic E-state index is 13.2. The Kier molecular flexibility index (Phi) is 4.93. The van der Waals surface area contributed by atoms with Crippen LogP contribution in [0, 0.1) is 5.92 Å². The van der Waals surface area contributed by atoms with E-state index in [-0.39, 0.29) is 10.8 Å². The molecular weight excluding hydrogens is 398 g/mol. The van der Waals surface area contributed by atoms with Gasteiger partial charge in [0, 0.05) is 21.6 Å². The van der Waals surface area contributed by atoms with Crippen molar-refractivity contribution >= 4 is 38.3 Å². The van der Waals surface area contributed by atoms with Crippen molar-refractivity contribution in [1.29, 1.82) is 0 Å².